The number of hydrogen-bond donors (Lipinski definition) is 2. The number of methoxy groups -OCH3 is 1. The number of benzene rings is 3. The number of anilines is 1. The van der Waals surface area contributed by atoms with Gasteiger partial charge in [-0.2, -0.15) is 0 Å². The Morgan fingerprint density at radius 3 is 2.19 bits per heavy atom. The molecule has 31 heavy (non-hydrogen) atoms. The molecule has 0 aliphatic rings. The van der Waals surface area contributed by atoms with Crippen molar-refractivity contribution in [2.75, 3.05) is 12.4 Å². The van der Waals surface area contributed by atoms with E-state index in [9.17, 15) is 9.59 Å². The number of pyridine rings is 1. The summed E-state index contributed by atoms with van der Waals surface area (Å²) in [6.45, 7) is 0.349. The van der Waals surface area contributed by atoms with Crippen LogP contribution in [-0.4, -0.2) is 18.0 Å². The van der Waals surface area contributed by atoms with Gasteiger partial charge in [0, 0.05) is 36.6 Å². The van der Waals surface area contributed by atoms with E-state index in [1.54, 1.807) is 13.2 Å². The van der Waals surface area contributed by atoms with Gasteiger partial charge in [-0.15, -0.1) is 0 Å². The fourth-order valence-electron chi connectivity index (χ4n) is 3.88. The van der Waals surface area contributed by atoms with Crippen LogP contribution in [0.2, 0.25) is 0 Å². The lowest BCUT2D eigenvalue weighted by atomic mass is 9.88. The molecular weight excluding hydrogens is 388 g/mol. The second-order valence-electron chi connectivity index (χ2n) is 7.48. The summed E-state index contributed by atoms with van der Waals surface area (Å²) in [6.07, 6.45) is 0.312. The highest BCUT2D eigenvalue weighted by Crippen LogP contribution is 2.28. The molecule has 5 nitrogen and oxygen atoms in total. The molecule has 1 heterocycles. The first-order valence-corrected chi connectivity index (χ1v) is 10.2. The molecular formula is C26H24N2O3. The van der Waals surface area contributed by atoms with E-state index in [1.807, 2.05) is 72.8 Å². The van der Waals surface area contributed by atoms with Crippen LogP contribution >= 0.6 is 0 Å². The van der Waals surface area contributed by atoms with Gasteiger partial charge in [-0.3, -0.25) is 9.59 Å². The average molecular weight is 412 g/mol. The van der Waals surface area contributed by atoms with Gasteiger partial charge in [-0.05, 0) is 28.8 Å². The molecule has 5 heteroatoms. The van der Waals surface area contributed by atoms with Crippen LogP contribution in [0.1, 0.15) is 29.0 Å². The van der Waals surface area contributed by atoms with E-state index < -0.39 is 0 Å². The first-order chi connectivity index (χ1) is 15.1. The Bertz CT molecular complexity index is 1190. The summed E-state index contributed by atoms with van der Waals surface area (Å²) < 4.78 is 5.19. The van der Waals surface area contributed by atoms with Gasteiger partial charge in [0.25, 0.3) is 0 Å². The molecule has 2 N–H and O–H groups in total. The van der Waals surface area contributed by atoms with Crippen LogP contribution in [0, 0.1) is 0 Å². The fourth-order valence-corrected chi connectivity index (χ4v) is 3.88. The molecule has 0 aliphatic carbocycles. The lowest BCUT2D eigenvalue weighted by Crippen LogP contribution is -2.16. The van der Waals surface area contributed by atoms with Gasteiger partial charge in [0.2, 0.25) is 11.5 Å². The smallest absolute Gasteiger partial charge is 0.248 e. The maximum Gasteiger partial charge on any atom is 0.248 e. The quantitative estimate of drug-likeness (QED) is 0.456. The van der Waals surface area contributed by atoms with Gasteiger partial charge in [0.15, 0.2) is 0 Å². The number of carbonyl (C=O) groups is 1. The molecule has 0 unspecified atom stereocenters. The molecule has 0 fully saturated rings. The van der Waals surface area contributed by atoms with Crippen molar-refractivity contribution in [1.29, 1.82) is 0 Å². The van der Waals surface area contributed by atoms with Gasteiger partial charge in [0.1, 0.15) is 0 Å². The van der Waals surface area contributed by atoms with Crippen molar-refractivity contribution in [3.63, 3.8) is 0 Å². The zero-order chi connectivity index (χ0) is 21.6. The summed E-state index contributed by atoms with van der Waals surface area (Å²) in [5.41, 5.74) is 4.11. The molecule has 3 aromatic carbocycles. The van der Waals surface area contributed by atoms with Crippen LogP contribution in [0.5, 0.6) is 0 Å². The van der Waals surface area contributed by atoms with Crippen molar-refractivity contribution in [3.05, 3.63) is 112 Å². The van der Waals surface area contributed by atoms with Crippen LogP contribution < -0.4 is 10.9 Å². The van der Waals surface area contributed by atoms with E-state index in [0.29, 0.717) is 24.2 Å². The molecule has 4 aromatic rings. The molecule has 0 saturated carbocycles. The zero-order valence-electron chi connectivity index (χ0n) is 17.3. The summed E-state index contributed by atoms with van der Waals surface area (Å²) >= 11 is 0. The zero-order valence-corrected chi connectivity index (χ0v) is 17.3. The van der Waals surface area contributed by atoms with Gasteiger partial charge >= 0.3 is 0 Å². The minimum absolute atomic E-state index is 0.0454. The first-order valence-electron chi connectivity index (χ1n) is 10.2. The van der Waals surface area contributed by atoms with Gasteiger partial charge in [0.05, 0.1) is 12.1 Å². The topological polar surface area (TPSA) is 71.2 Å². The molecule has 1 amide bonds. The Labute approximate surface area is 180 Å². The molecule has 0 radical (unpaired) electrons. The Morgan fingerprint density at radius 2 is 1.58 bits per heavy atom. The second-order valence-corrected chi connectivity index (χ2v) is 7.48. The number of nitrogens with one attached hydrogen (secondary N) is 2. The third-order valence-electron chi connectivity index (χ3n) is 5.31. The van der Waals surface area contributed by atoms with Crippen molar-refractivity contribution < 1.29 is 9.53 Å². The minimum atomic E-state index is -0.198. The summed E-state index contributed by atoms with van der Waals surface area (Å²) in [7, 11) is 1.59. The predicted molar refractivity (Wildman–Crippen MR) is 123 cm³/mol. The fraction of sp³-hybridized carbons (Fsp3) is 0.154. The molecule has 1 aromatic heterocycles. The van der Waals surface area contributed by atoms with Crippen molar-refractivity contribution in [2.24, 2.45) is 0 Å². The lowest BCUT2D eigenvalue weighted by molar-refractivity contribution is -0.116. The molecule has 0 atom stereocenters. The molecule has 0 saturated heterocycles. The number of carbonyl (C=O) groups excluding carboxylic acids is 1. The van der Waals surface area contributed by atoms with Crippen molar-refractivity contribution in [2.45, 2.75) is 18.9 Å². The van der Waals surface area contributed by atoms with Gasteiger partial charge in [-0.25, -0.2) is 0 Å². The number of aromatic nitrogens is 1. The highest BCUT2D eigenvalue weighted by Gasteiger charge is 2.18. The van der Waals surface area contributed by atoms with E-state index >= 15 is 0 Å². The molecule has 0 spiro atoms. The minimum Gasteiger partial charge on any atom is -0.380 e. The van der Waals surface area contributed by atoms with E-state index in [4.69, 9.17) is 4.74 Å². The van der Waals surface area contributed by atoms with Crippen molar-refractivity contribution in [3.8, 4) is 0 Å². The van der Waals surface area contributed by atoms with Gasteiger partial charge < -0.3 is 15.0 Å². The SMILES string of the molecule is COCc1cc(=O)[nH]c2cc(NC(=O)CC(c3ccccc3)c3ccccc3)ccc12. The van der Waals surface area contributed by atoms with E-state index in [-0.39, 0.29) is 17.4 Å². The van der Waals surface area contributed by atoms with Crippen molar-refractivity contribution in [1.82, 2.24) is 4.98 Å². The summed E-state index contributed by atoms with van der Waals surface area (Å²) in [5.74, 6) is -0.136. The Hall–Kier alpha value is -3.70. The van der Waals surface area contributed by atoms with Crippen LogP contribution in [-0.2, 0) is 16.1 Å². The number of H-pyrrole nitrogens is 1. The number of hydrogen-bond acceptors (Lipinski definition) is 3. The average Bonchev–Trinajstić information content (AvgIpc) is 2.78. The summed E-state index contributed by atoms with van der Waals surface area (Å²) in [4.78, 5) is 27.7. The van der Waals surface area contributed by atoms with Crippen LogP contribution in [0.25, 0.3) is 10.9 Å². The monoisotopic (exact) mass is 412 g/mol. The molecule has 0 bridgehead atoms. The normalized spacial score (nSPS) is 11.0. The number of amides is 1. The van der Waals surface area contributed by atoms with Crippen LogP contribution in [0.15, 0.2) is 89.7 Å². The maximum absolute atomic E-state index is 12.9. The lowest BCUT2D eigenvalue weighted by Gasteiger charge is -2.18. The second kappa shape index (κ2) is 9.41. The highest BCUT2D eigenvalue weighted by molar-refractivity contribution is 5.94. The first kappa shape index (κ1) is 20.6. The third kappa shape index (κ3) is 4.90. The number of rotatable bonds is 7. The number of fused-ring (bicyclic) bond motifs is 1. The van der Waals surface area contributed by atoms with Crippen LogP contribution in [0.4, 0.5) is 5.69 Å². The summed E-state index contributed by atoms with van der Waals surface area (Å²) in [5, 5.41) is 3.88. The standard InChI is InChI=1S/C26H24N2O3/c1-31-17-20-14-25(29)28-24-15-21(12-13-22(20)24)27-26(30)16-23(18-8-4-2-5-9-18)19-10-6-3-7-11-19/h2-15,23H,16-17H2,1H3,(H,27,30)(H,28,29). The third-order valence-corrected chi connectivity index (χ3v) is 5.31. The summed E-state index contributed by atoms with van der Waals surface area (Å²) in [6, 6.07) is 27.1. The highest BCUT2D eigenvalue weighted by atomic mass is 16.5. The van der Waals surface area contributed by atoms with Crippen LogP contribution in [0.3, 0.4) is 0 Å². The van der Waals surface area contributed by atoms with E-state index in [2.05, 4.69) is 10.3 Å². The van der Waals surface area contributed by atoms with Crippen molar-refractivity contribution >= 4 is 22.5 Å². The number of ether oxygens (including phenoxy) is 1. The molecule has 4 rings (SSSR count). The van der Waals surface area contributed by atoms with Gasteiger partial charge in [-0.1, -0.05) is 66.7 Å². The van der Waals surface area contributed by atoms with E-state index in [1.165, 1.54) is 6.07 Å². The maximum atomic E-state index is 12.9. The Balaban J connectivity index is 1.58. The predicted octanol–water partition coefficient (Wildman–Crippen LogP) is 4.84. The number of aromatic amines is 1. The Kier molecular flexibility index (Phi) is 6.24. The van der Waals surface area contributed by atoms with E-state index in [0.717, 1.165) is 22.1 Å². The Morgan fingerprint density at radius 1 is 0.935 bits per heavy atom. The largest absolute Gasteiger partial charge is 0.380 e. The molecule has 0 aliphatic heterocycles. The molecule has 156 valence electrons.